The zero-order valence-electron chi connectivity index (χ0n) is 13.0. The SMILES string of the molecule is CCCCCCCCC=CN(C(O)CC)C(O)CC. The molecule has 2 atom stereocenters. The first-order valence-electron chi connectivity index (χ1n) is 7.97. The van der Waals surface area contributed by atoms with Gasteiger partial charge in [-0.15, -0.1) is 0 Å². The zero-order valence-corrected chi connectivity index (χ0v) is 13.0. The molecule has 0 aromatic heterocycles. The van der Waals surface area contributed by atoms with E-state index in [0.717, 1.165) is 6.42 Å². The molecular formula is C16H33NO2. The average molecular weight is 271 g/mol. The van der Waals surface area contributed by atoms with Crippen LogP contribution < -0.4 is 0 Å². The highest BCUT2D eigenvalue weighted by molar-refractivity contribution is 4.84. The molecule has 2 unspecified atom stereocenters. The van der Waals surface area contributed by atoms with Crippen LogP contribution in [-0.4, -0.2) is 27.6 Å². The van der Waals surface area contributed by atoms with Gasteiger partial charge in [0.05, 0.1) is 0 Å². The Hall–Kier alpha value is -0.540. The molecule has 0 aliphatic heterocycles. The van der Waals surface area contributed by atoms with E-state index in [1.165, 1.54) is 38.5 Å². The number of rotatable bonds is 12. The fourth-order valence-electron chi connectivity index (χ4n) is 2.06. The van der Waals surface area contributed by atoms with Crippen molar-refractivity contribution in [3.8, 4) is 0 Å². The smallest absolute Gasteiger partial charge is 0.128 e. The molecule has 0 spiro atoms. The molecule has 0 saturated heterocycles. The lowest BCUT2D eigenvalue weighted by Crippen LogP contribution is -2.38. The van der Waals surface area contributed by atoms with Crippen LogP contribution in [-0.2, 0) is 0 Å². The summed E-state index contributed by atoms with van der Waals surface area (Å²) >= 11 is 0. The first kappa shape index (κ1) is 18.5. The summed E-state index contributed by atoms with van der Waals surface area (Å²) in [6.07, 6.45) is 12.8. The van der Waals surface area contributed by atoms with Gasteiger partial charge in [0, 0.05) is 6.20 Å². The molecule has 0 heterocycles. The van der Waals surface area contributed by atoms with Gasteiger partial charge in [-0.1, -0.05) is 59.0 Å². The third kappa shape index (κ3) is 9.06. The summed E-state index contributed by atoms with van der Waals surface area (Å²) in [7, 11) is 0. The minimum atomic E-state index is -0.587. The first-order valence-corrected chi connectivity index (χ1v) is 7.97. The van der Waals surface area contributed by atoms with E-state index in [1.807, 2.05) is 20.0 Å². The molecule has 0 saturated carbocycles. The van der Waals surface area contributed by atoms with Crippen molar-refractivity contribution in [2.45, 2.75) is 91.0 Å². The standard InChI is InChI=1S/C16H33NO2/c1-4-7-8-9-10-11-12-13-14-17(15(18)5-2)16(19)6-3/h13-16,18-19H,4-12H2,1-3H3. The number of allylic oxidation sites excluding steroid dienone is 1. The molecule has 2 N–H and O–H groups in total. The average Bonchev–Trinajstić information content (AvgIpc) is 2.44. The molecule has 0 aliphatic rings. The highest BCUT2D eigenvalue weighted by atomic mass is 16.3. The minimum Gasteiger partial charge on any atom is -0.374 e. The summed E-state index contributed by atoms with van der Waals surface area (Å²) in [6, 6.07) is 0. The van der Waals surface area contributed by atoms with Gasteiger partial charge in [-0.3, -0.25) is 0 Å². The largest absolute Gasteiger partial charge is 0.374 e. The fourth-order valence-corrected chi connectivity index (χ4v) is 2.06. The van der Waals surface area contributed by atoms with E-state index in [2.05, 4.69) is 13.0 Å². The predicted octanol–water partition coefficient (Wildman–Crippen LogP) is 4.01. The van der Waals surface area contributed by atoms with Crippen molar-refractivity contribution in [2.24, 2.45) is 0 Å². The molecule has 0 fully saturated rings. The lowest BCUT2D eigenvalue weighted by Gasteiger charge is -2.30. The normalized spacial score (nSPS) is 14.8. The molecule has 3 heteroatoms. The Balaban J connectivity index is 3.85. The van der Waals surface area contributed by atoms with E-state index in [9.17, 15) is 10.2 Å². The molecule has 0 radical (unpaired) electrons. The van der Waals surface area contributed by atoms with Crippen LogP contribution in [0.5, 0.6) is 0 Å². The van der Waals surface area contributed by atoms with Crippen molar-refractivity contribution in [1.82, 2.24) is 4.90 Å². The number of aliphatic hydroxyl groups excluding tert-OH is 2. The monoisotopic (exact) mass is 271 g/mol. The highest BCUT2D eigenvalue weighted by Gasteiger charge is 2.15. The third-order valence-electron chi connectivity index (χ3n) is 3.42. The molecule has 0 aromatic rings. The molecule has 0 bridgehead atoms. The molecular weight excluding hydrogens is 238 g/mol. The Morgan fingerprint density at radius 3 is 1.89 bits per heavy atom. The van der Waals surface area contributed by atoms with Gasteiger partial charge >= 0.3 is 0 Å². The van der Waals surface area contributed by atoms with Gasteiger partial charge in [-0.2, -0.15) is 0 Å². The maximum Gasteiger partial charge on any atom is 0.128 e. The summed E-state index contributed by atoms with van der Waals surface area (Å²) < 4.78 is 0. The van der Waals surface area contributed by atoms with Gasteiger partial charge in [0.15, 0.2) is 0 Å². The molecule has 19 heavy (non-hydrogen) atoms. The molecule has 0 amide bonds. The number of aliphatic hydroxyl groups is 2. The van der Waals surface area contributed by atoms with Crippen LogP contribution >= 0.6 is 0 Å². The molecule has 0 aliphatic carbocycles. The molecule has 114 valence electrons. The van der Waals surface area contributed by atoms with Crippen molar-refractivity contribution in [3.63, 3.8) is 0 Å². The summed E-state index contributed by atoms with van der Waals surface area (Å²) in [5.74, 6) is 0. The van der Waals surface area contributed by atoms with Gasteiger partial charge in [-0.05, 0) is 25.7 Å². The van der Waals surface area contributed by atoms with Crippen molar-refractivity contribution in [3.05, 3.63) is 12.3 Å². The summed E-state index contributed by atoms with van der Waals surface area (Å²) in [6.45, 7) is 6.07. The van der Waals surface area contributed by atoms with Crippen LogP contribution in [0.4, 0.5) is 0 Å². The predicted molar refractivity (Wildman–Crippen MR) is 81.6 cm³/mol. The summed E-state index contributed by atoms with van der Waals surface area (Å²) in [5, 5.41) is 19.7. The van der Waals surface area contributed by atoms with Crippen LogP contribution in [0.15, 0.2) is 12.3 Å². The Labute approximate surface area is 119 Å². The van der Waals surface area contributed by atoms with Crippen LogP contribution in [0.2, 0.25) is 0 Å². The number of nitrogens with zero attached hydrogens (tertiary/aromatic N) is 1. The van der Waals surface area contributed by atoms with E-state index in [1.54, 1.807) is 4.90 Å². The van der Waals surface area contributed by atoms with Gasteiger partial charge in [-0.25, -0.2) is 0 Å². The molecule has 0 aromatic carbocycles. The van der Waals surface area contributed by atoms with E-state index in [0.29, 0.717) is 12.8 Å². The Bertz CT molecular complexity index is 209. The zero-order chi connectivity index (χ0) is 14.5. The maximum atomic E-state index is 9.83. The lowest BCUT2D eigenvalue weighted by atomic mass is 10.1. The second kappa shape index (κ2) is 12.5. The van der Waals surface area contributed by atoms with Crippen LogP contribution in [0.1, 0.15) is 78.6 Å². The summed E-state index contributed by atoms with van der Waals surface area (Å²) in [4.78, 5) is 1.65. The van der Waals surface area contributed by atoms with Crippen LogP contribution in [0, 0.1) is 0 Å². The second-order valence-corrected chi connectivity index (χ2v) is 5.17. The van der Waals surface area contributed by atoms with E-state index >= 15 is 0 Å². The van der Waals surface area contributed by atoms with Crippen LogP contribution in [0.25, 0.3) is 0 Å². The van der Waals surface area contributed by atoms with Gasteiger partial charge in [0.1, 0.15) is 12.5 Å². The number of unbranched alkanes of at least 4 members (excludes halogenated alkanes) is 6. The van der Waals surface area contributed by atoms with Gasteiger partial charge < -0.3 is 15.1 Å². The van der Waals surface area contributed by atoms with E-state index in [4.69, 9.17) is 0 Å². The third-order valence-corrected chi connectivity index (χ3v) is 3.42. The van der Waals surface area contributed by atoms with E-state index in [-0.39, 0.29) is 0 Å². The Kier molecular flexibility index (Phi) is 12.1. The Morgan fingerprint density at radius 1 is 0.842 bits per heavy atom. The van der Waals surface area contributed by atoms with Crippen molar-refractivity contribution >= 4 is 0 Å². The second-order valence-electron chi connectivity index (χ2n) is 5.17. The Morgan fingerprint density at radius 2 is 1.37 bits per heavy atom. The molecule has 0 rings (SSSR count). The van der Waals surface area contributed by atoms with E-state index < -0.39 is 12.5 Å². The summed E-state index contributed by atoms with van der Waals surface area (Å²) in [5.41, 5.74) is 0. The fraction of sp³-hybridized carbons (Fsp3) is 0.875. The maximum absolute atomic E-state index is 9.83. The quantitative estimate of drug-likeness (QED) is 0.416. The minimum absolute atomic E-state index is 0.587. The topological polar surface area (TPSA) is 43.7 Å². The molecule has 3 nitrogen and oxygen atoms in total. The van der Waals surface area contributed by atoms with Crippen LogP contribution in [0.3, 0.4) is 0 Å². The van der Waals surface area contributed by atoms with Gasteiger partial charge in [0.2, 0.25) is 0 Å². The first-order chi connectivity index (χ1) is 9.17. The highest BCUT2D eigenvalue weighted by Crippen LogP contribution is 2.11. The van der Waals surface area contributed by atoms with Crippen molar-refractivity contribution < 1.29 is 10.2 Å². The van der Waals surface area contributed by atoms with Gasteiger partial charge in [0.25, 0.3) is 0 Å². The number of hydrogen-bond donors (Lipinski definition) is 2. The lowest BCUT2D eigenvalue weighted by molar-refractivity contribution is -0.0725. The number of hydrogen-bond acceptors (Lipinski definition) is 3. The van der Waals surface area contributed by atoms with Crippen molar-refractivity contribution in [2.75, 3.05) is 0 Å². The van der Waals surface area contributed by atoms with Crippen molar-refractivity contribution in [1.29, 1.82) is 0 Å².